The summed E-state index contributed by atoms with van der Waals surface area (Å²) < 4.78 is 41.1. The van der Waals surface area contributed by atoms with Crippen LogP contribution in [0.1, 0.15) is 46.6 Å². The van der Waals surface area contributed by atoms with Crippen LogP contribution in [-0.4, -0.2) is 14.0 Å². The van der Waals surface area contributed by atoms with Crippen LogP contribution < -0.4 is 10.5 Å². The van der Waals surface area contributed by atoms with Gasteiger partial charge in [-0.1, -0.05) is 20.8 Å². The minimum atomic E-state index is -3.75. The maximum Gasteiger partial charge on any atom is 0.241 e. The molecule has 0 spiro atoms. The van der Waals surface area contributed by atoms with Crippen LogP contribution in [0.3, 0.4) is 0 Å². The molecule has 6 heteroatoms. The van der Waals surface area contributed by atoms with Gasteiger partial charge in [-0.25, -0.2) is 17.5 Å². The average molecular weight is 316 g/mol. The maximum absolute atomic E-state index is 13.5. The van der Waals surface area contributed by atoms with Gasteiger partial charge in [0, 0.05) is 5.54 Å². The number of nitrogens with two attached hydrogens (primary N) is 1. The lowest BCUT2D eigenvalue weighted by molar-refractivity contribution is 0.269. The van der Waals surface area contributed by atoms with Crippen LogP contribution >= 0.6 is 0 Å². The first-order valence-corrected chi connectivity index (χ1v) is 8.31. The fraction of sp³-hybridized carbons (Fsp3) is 0.600. The zero-order valence-electron chi connectivity index (χ0n) is 13.5. The molecule has 3 N–H and O–H groups in total. The molecule has 21 heavy (non-hydrogen) atoms. The smallest absolute Gasteiger partial charge is 0.241 e. The molecule has 0 aliphatic carbocycles. The summed E-state index contributed by atoms with van der Waals surface area (Å²) in [6, 6.07) is 2.44. The Morgan fingerprint density at radius 1 is 1.19 bits per heavy atom. The van der Waals surface area contributed by atoms with Crippen molar-refractivity contribution >= 4 is 15.7 Å². The quantitative estimate of drug-likeness (QED) is 0.838. The molecule has 1 aromatic rings. The molecule has 0 radical (unpaired) electrons. The summed E-state index contributed by atoms with van der Waals surface area (Å²) in [6.07, 6.45) is 0.662. The van der Waals surface area contributed by atoms with Crippen molar-refractivity contribution in [3.05, 3.63) is 23.5 Å². The number of hydrogen-bond acceptors (Lipinski definition) is 3. The molecule has 120 valence electrons. The molecular weight excluding hydrogens is 291 g/mol. The number of hydrogen-bond donors (Lipinski definition) is 2. The van der Waals surface area contributed by atoms with E-state index in [-0.39, 0.29) is 21.6 Å². The Labute approximate surface area is 127 Å². The van der Waals surface area contributed by atoms with Crippen LogP contribution in [0, 0.1) is 18.2 Å². The lowest BCUT2D eigenvalue weighted by atomic mass is 9.82. The van der Waals surface area contributed by atoms with Gasteiger partial charge in [0.25, 0.3) is 0 Å². The van der Waals surface area contributed by atoms with Gasteiger partial charge >= 0.3 is 0 Å². The highest BCUT2D eigenvalue weighted by molar-refractivity contribution is 7.89. The van der Waals surface area contributed by atoms with Crippen molar-refractivity contribution in [1.29, 1.82) is 0 Å². The third kappa shape index (κ3) is 4.97. The molecule has 1 rings (SSSR count). The number of halogens is 1. The van der Waals surface area contributed by atoms with Crippen molar-refractivity contribution in [2.45, 2.75) is 58.4 Å². The minimum Gasteiger partial charge on any atom is -0.396 e. The molecule has 0 aromatic heterocycles. The lowest BCUT2D eigenvalue weighted by Gasteiger charge is -2.33. The van der Waals surface area contributed by atoms with E-state index in [2.05, 4.69) is 4.72 Å². The first-order chi connectivity index (χ1) is 9.23. The molecule has 0 atom stereocenters. The van der Waals surface area contributed by atoms with E-state index in [4.69, 9.17) is 5.73 Å². The predicted octanol–water partition coefficient (Wildman–Crippen LogP) is 3.21. The van der Waals surface area contributed by atoms with Crippen LogP contribution in [0.25, 0.3) is 0 Å². The van der Waals surface area contributed by atoms with Crippen molar-refractivity contribution in [3.63, 3.8) is 0 Å². The van der Waals surface area contributed by atoms with E-state index in [1.54, 1.807) is 0 Å². The molecule has 0 aliphatic rings. The Bertz CT molecular complexity index is 609. The summed E-state index contributed by atoms with van der Waals surface area (Å²) in [5, 5.41) is 0. The largest absolute Gasteiger partial charge is 0.396 e. The van der Waals surface area contributed by atoms with E-state index in [1.807, 2.05) is 34.6 Å². The highest BCUT2D eigenvalue weighted by Gasteiger charge is 2.31. The molecule has 0 aliphatic heterocycles. The Kier molecular flexibility index (Phi) is 4.75. The van der Waals surface area contributed by atoms with Crippen molar-refractivity contribution in [2.24, 2.45) is 5.41 Å². The van der Waals surface area contributed by atoms with E-state index in [0.717, 1.165) is 6.07 Å². The van der Waals surface area contributed by atoms with Gasteiger partial charge in [-0.15, -0.1) is 0 Å². The summed E-state index contributed by atoms with van der Waals surface area (Å²) in [5.74, 6) is -0.581. The van der Waals surface area contributed by atoms with Crippen molar-refractivity contribution < 1.29 is 12.8 Å². The van der Waals surface area contributed by atoms with Gasteiger partial charge in [-0.3, -0.25) is 0 Å². The number of benzene rings is 1. The van der Waals surface area contributed by atoms with Crippen LogP contribution in [0.2, 0.25) is 0 Å². The average Bonchev–Trinajstić information content (AvgIpc) is 2.19. The Morgan fingerprint density at radius 3 is 2.14 bits per heavy atom. The third-order valence-corrected chi connectivity index (χ3v) is 4.63. The van der Waals surface area contributed by atoms with E-state index in [1.165, 1.54) is 13.0 Å². The van der Waals surface area contributed by atoms with Gasteiger partial charge in [0.1, 0.15) is 5.82 Å². The maximum atomic E-state index is 13.5. The molecule has 0 amide bonds. The Hall–Kier alpha value is -1.14. The van der Waals surface area contributed by atoms with Crippen molar-refractivity contribution in [1.82, 2.24) is 4.72 Å². The fourth-order valence-electron chi connectivity index (χ4n) is 2.70. The second-order valence-electron chi connectivity index (χ2n) is 7.37. The highest BCUT2D eigenvalue weighted by atomic mass is 32.2. The summed E-state index contributed by atoms with van der Waals surface area (Å²) in [7, 11) is -3.75. The Morgan fingerprint density at radius 2 is 1.71 bits per heavy atom. The second-order valence-corrected chi connectivity index (χ2v) is 9.05. The first kappa shape index (κ1) is 17.9. The monoisotopic (exact) mass is 316 g/mol. The molecule has 0 saturated heterocycles. The molecule has 1 aromatic carbocycles. The number of anilines is 1. The third-order valence-electron chi connectivity index (χ3n) is 2.95. The standard InChI is InChI=1S/C15H25FN2O2S/c1-10-7-11(8-12(17)13(10)16)21(19,20)18-15(5,6)9-14(2,3)4/h7-8,18H,9,17H2,1-6H3. The number of sulfonamides is 1. The minimum absolute atomic E-state index is 0.0131. The van der Waals surface area contributed by atoms with Gasteiger partial charge in [-0.05, 0) is 50.3 Å². The predicted molar refractivity (Wildman–Crippen MR) is 84.0 cm³/mol. The van der Waals surface area contributed by atoms with Crippen LogP contribution in [0.15, 0.2) is 17.0 Å². The molecular formula is C15H25FN2O2S. The number of nitrogens with one attached hydrogen (secondary N) is 1. The first-order valence-electron chi connectivity index (χ1n) is 6.83. The van der Waals surface area contributed by atoms with E-state index in [0.29, 0.717) is 6.42 Å². The molecule has 4 nitrogen and oxygen atoms in total. The van der Waals surface area contributed by atoms with Crippen LogP contribution in [0.5, 0.6) is 0 Å². The summed E-state index contributed by atoms with van der Waals surface area (Å²) >= 11 is 0. The molecule has 0 heterocycles. The normalized spacial score (nSPS) is 13.5. The van der Waals surface area contributed by atoms with Gasteiger partial charge in [-0.2, -0.15) is 0 Å². The number of nitrogen functional groups attached to an aromatic ring is 1. The molecule has 0 saturated carbocycles. The van der Waals surface area contributed by atoms with Crippen molar-refractivity contribution in [3.8, 4) is 0 Å². The fourth-order valence-corrected chi connectivity index (χ4v) is 4.23. The van der Waals surface area contributed by atoms with Gasteiger partial charge in [0.05, 0.1) is 10.6 Å². The lowest BCUT2D eigenvalue weighted by Crippen LogP contribution is -2.45. The topological polar surface area (TPSA) is 72.2 Å². The zero-order chi connectivity index (χ0) is 16.6. The number of rotatable bonds is 4. The van der Waals surface area contributed by atoms with Crippen molar-refractivity contribution in [2.75, 3.05) is 5.73 Å². The van der Waals surface area contributed by atoms with E-state index >= 15 is 0 Å². The number of aryl methyl sites for hydroxylation is 1. The molecule has 0 fully saturated rings. The van der Waals surface area contributed by atoms with E-state index in [9.17, 15) is 12.8 Å². The summed E-state index contributed by atoms with van der Waals surface area (Å²) in [5.41, 5.74) is 4.92. The van der Waals surface area contributed by atoms with Gasteiger partial charge < -0.3 is 5.73 Å². The Balaban J connectivity index is 3.13. The van der Waals surface area contributed by atoms with Crippen LogP contribution in [-0.2, 0) is 10.0 Å². The summed E-state index contributed by atoms with van der Waals surface area (Å²) in [6.45, 7) is 11.3. The summed E-state index contributed by atoms with van der Waals surface area (Å²) in [4.78, 5) is -0.0131. The second kappa shape index (κ2) is 5.57. The molecule has 0 unspecified atom stereocenters. The van der Waals surface area contributed by atoms with E-state index < -0.39 is 21.4 Å². The SMILES string of the molecule is Cc1cc(S(=O)(=O)NC(C)(C)CC(C)(C)C)cc(N)c1F. The zero-order valence-corrected chi connectivity index (χ0v) is 14.4. The van der Waals surface area contributed by atoms with Gasteiger partial charge in [0.2, 0.25) is 10.0 Å². The van der Waals surface area contributed by atoms with Gasteiger partial charge in [0.15, 0.2) is 0 Å². The highest BCUT2D eigenvalue weighted by Crippen LogP contribution is 2.29. The van der Waals surface area contributed by atoms with Crippen LogP contribution in [0.4, 0.5) is 10.1 Å². The molecule has 0 bridgehead atoms.